The molecule has 0 saturated carbocycles. The van der Waals surface area contributed by atoms with Crippen LogP contribution in [0.15, 0.2) is 36.8 Å². The van der Waals surface area contributed by atoms with Crippen molar-refractivity contribution in [2.75, 3.05) is 0 Å². The molecule has 3 rings (SSSR count). The molecule has 21 heavy (non-hydrogen) atoms. The van der Waals surface area contributed by atoms with Gasteiger partial charge in [-0.05, 0) is 30.2 Å². The topological polar surface area (TPSA) is 73.8 Å². The highest BCUT2D eigenvalue weighted by atomic mass is 35.5. The number of pyridine rings is 2. The number of aromatic nitrogens is 3. The minimum absolute atomic E-state index is 0.427. The Morgan fingerprint density at radius 1 is 1.33 bits per heavy atom. The molecule has 0 fully saturated rings. The average Bonchev–Trinajstić information content (AvgIpc) is 2.82. The molecule has 106 valence electrons. The second kappa shape index (κ2) is 5.18. The highest BCUT2D eigenvalue weighted by molar-refractivity contribution is 6.29. The molecular formula is C15H13ClN4O. The van der Waals surface area contributed by atoms with Crippen molar-refractivity contribution in [3.8, 4) is 0 Å². The van der Waals surface area contributed by atoms with E-state index in [0.29, 0.717) is 22.8 Å². The van der Waals surface area contributed by atoms with E-state index in [1.54, 1.807) is 24.7 Å². The summed E-state index contributed by atoms with van der Waals surface area (Å²) in [5.74, 6) is -0.480. The molecule has 0 saturated heterocycles. The molecule has 0 aliphatic rings. The Morgan fingerprint density at radius 2 is 2.14 bits per heavy atom. The van der Waals surface area contributed by atoms with Gasteiger partial charge in [0.15, 0.2) is 0 Å². The number of halogens is 1. The third-order valence-corrected chi connectivity index (χ3v) is 3.58. The first-order valence-corrected chi connectivity index (χ1v) is 6.78. The average molecular weight is 301 g/mol. The standard InChI is InChI=1S/C15H13ClN4O/c1-9-4-5-18-13-11(15(17)21)8-20(14(9)13)7-10-2-3-12(16)19-6-10/h2-6,8H,7H2,1H3,(H2,17,21). The van der Waals surface area contributed by atoms with Crippen LogP contribution in [0.25, 0.3) is 11.0 Å². The van der Waals surface area contributed by atoms with Gasteiger partial charge in [0.25, 0.3) is 5.91 Å². The van der Waals surface area contributed by atoms with E-state index in [1.807, 2.05) is 23.6 Å². The summed E-state index contributed by atoms with van der Waals surface area (Å²) in [6.07, 6.45) is 5.13. The molecule has 3 heterocycles. The van der Waals surface area contributed by atoms with Gasteiger partial charge in [0, 0.05) is 25.1 Å². The molecule has 6 heteroatoms. The van der Waals surface area contributed by atoms with Crippen LogP contribution < -0.4 is 5.73 Å². The normalized spacial score (nSPS) is 11.0. The van der Waals surface area contributed by atoms with Crippen LogP contribution in [-0.4, -0.2) is 20.4 Å². The lowest BCUT2D eigenvalue weighted by atomic mass is 10.2. The summed E-state index contributed by atoms with van der Waals surface area (Å²) >= 11 is 5.79. The molecule has 0 bridgehead atoms. The van der Waals surface area contributed by atoms with Gasteiger partial charge in [-0.3, -0.25) is 9.78 Å². The van der Waals surface area contributed by atoms with Gasteiger partial charge in [0.05, 0.1) is 11.1 Å². The maximum atomic E-state index is 11.6. The Balaban J connectivity index is 2.13. The molecule has 0 aliphatic heterocycles. The molecule has 0 spiro atoms. The number of nitrogens with two attached hydrogens (primary N) is 1. The van der Waals surface area contributed by atoms with E-state index in [1.165, 1.54) is 0 Å². The number of carbonyl (C=O) groups excluding carboxylic acids is 1. The fourth-order valence-corrected chi connectivity index (χ4v) is 2.51. The highest BCUT2D eigenvalue weighted by Crippen LogP contribution is 2.23. The summed E-state index contributed by atoms with van der Waals surface area (Å²) in [6, 6.07) is 5.54. The largest absolute Gasteiger partial charge is 0.365 e. The minimum Gasteiger partial charge on any atom is -0.365 e. The maximum Gasteiger partial charge on any atom is 0.252 e. The Labute approximate surface area is 126 Å². The summed E-state index contributed by atoms with van der Waals surface area (Å²) < 4.78 is 1.96. The van der Waals surface area contributed by atoms with Crippen LogP contribution in [0.5, 0.6) is 0 Å². The van der Waals surface area contributed by atoms with Gasteiger partial charge in [0.1, 0.15) is 10.7 Å². The van der Waals surface area contributed by atoms with Gasteiger partial charge in [-0.25, -0.2) is 4.98 Å². The molecule has 2 N–H and O–H groups in total. The van der Waals surface area contributed by atoms with E-state index in [0.717, 1.165) is 16.6 Å². The zero-order valence-electron chi connectivity index (χ0n) is 11.4. The van der Waals surface area contributed by atoms with E-state index < -0.39 is 5.91 Å². The smallest absolute Gasteiger partial charge is 0.252 e. The Bertz CT molecular complexity index is 824. The van der Waals surface area contributed by atoms with Crippen LogP contribution in [0, 0.1) is 6.92 Å². The Morgan fingerprint density at radius 3 is 2.81 bits per heavy atom. The number of rotatable bonds is 3. The van der Waals surface area contributed by atoms with Gasteiger partial charge in [0.2, 0.25) is 0 Å². The second-order valence-electron chi connectivity index (χ2n) is 4.85. The summed E-state index contributed by atoms with van der Waals surface area (Å²) in [5.41, 5.74) is 9.41. The number of nitrogens with zero attached hydrogens (tertiary/aromatic N) is 3. The van der Waals surface area contributed by atoms with E-state index >= 15 is 0 Å². The number of carbonyl (C=O) groups is 1. The minimum atomic E-state index is -0.480. The third kappa shape index (κ3) is 2.48. The summed E-state index contributed by atoms with van der Waals surface area (Å²) in [7, 11) is 0. The van der Waals surface area contributed by atoms with Gasteiger partial charge < -0.3 is 10.3 Å². The molecule has 1 amide bonds. The van der Waals surface area contributed by atoms with Gasteiger partial charge in [-0.1, -0.05) is 17.7 Å². The van der Waals surface area contributed by atoms with Crippen molar-refractivity contribution in [2.45, 2.75) is 13.5 Å². The first-order chi connectivity index (χ1) is 10.1. The Hall–Kier alpha value is -2.40. The molecule has 0 aromatic carbocycles. The van der Waals surface area contributed by atoms with Crippen LogP contribution in [0.2, 0.25) is 5.15 Å². The van der Waals surface area contributed by atoms with Crippen LogP contribution in [0.1, 0.15) is 21.5 Å². The number of fused-ring (bicyclic) bond motifs is 1. The lowest BCUT2D eigenvalue weighted by Gasteiger charge is -2.07. The summed E-state index contributed by atoms with van der Waals surface area (Å²) in [6.45, 7) is 2.55. The summed E-state index contributed by atoms with van der Waals surface area (Å²) in [4.78, 5) is 19.9. The molecule has 0 unspecified atom stereocenters. The van der Waals surface area contributed by atoms with Crippen molar-refractivity contribution in [2.24, 2.45) is 5.73 Å². The van der Waals surface area contributed by atoms with Crippen molar-refractivity contribution in [3.05, 3.63) is 58.6 Å². The predicted octanol–water partition coefficient (Wildman–Crippen LogP) is 2.54. The lowest BCUT2D eigenvalue weighted by molar-refractivity contribution is 0.100. The van der Waals surface area contributed by atoms with Gasteiger partial charge in [-0.15, -0.1) is 0 Å². The van der Waals surface area contributed by atoms with Crippen LogP contribution >= 0.6 is 11.6 Å². The quantitative estimate of drug-likeness (QED) is 0.755. The molecule has 3 aromatic heterocycles. The zero-order chi connectivity index (χ0) is 15.0. The number of hydrogen-bond donors (Lipinski definition) is 1. The van der Waals surface area contributed by atoms with Crippen LogP contribution in [-0.2, 0) is 6.54 Å². The van der Waals surface area contributed by atoms with E-state index in [9.17, 15) is 4.79 Å². The molecule has 0 radical (unpaired) electrons. The van der Waals surface area contributed by atoms with Crippen molar-refractivity contribution < 1.29 is 4.79 Å². The van der Waals surface area contributed by atoms with Crippen molar-refractivity contribution in [1.29, 1.82) is 0 Å². The summed E-state index contributed by atoms with van der Waals surface area (Å²) in [5, 5.41) is 0.451. The Kier molecular flexibility index (Phi) is 3.35. The van der Waals surface area contributed by atoms with Crippen LogP contribution in [0.3, 0.4) is 0 Å². The molecule has 0 atom stereocenters. The predicted molar refractivity (Wildman–Crippen MR) is 81.3 cm³/mol. The lowest BCUT2D eigenvalue weighted by Crippen LogP contribution is -2.10. The monoisotopic (exact) mass is 300 g/mol. The van der Waals surface area contributed by atoms with Crippen molar-refractivity contribution >= 4 is 28.5 Å². The molecule has 5 nitrogen and oxygen atoms in total. The van der Waals surface area contributed by atoms with Crippen molar-refractivity contribution in [1.82, 2.24) is 14.5 Å². The first-order valence-electron chi connectivity index (χ1n) is 6.41. The van der Waals surface area contributed by atoms with Gasteiger partial charge in [-0.2, -0.15) is 0 Å². The SMILES string of the molecule is Cc1ccnc2c(C(N)=O)cn(Cc3ccc(Cl)nc3)c12. The molecule has 3 aromatic rings. The third-order valence-electron chi connectivity index (χ3n) is 3.36. The molecular weight excluding hydrogens is 288 g/mol. The van der Waals surface area contributed by atoms with Crippen LogP contribution in [0.4, 0.5) is 0 Å². The number of amides is 1. The first kappa shape index (κ1) is 13.6. The van der Waals surface area contributed by atoms with E-state index in [2.05, 4.69) is 9.97 Å². The number of primary amides is 1. The number of hydrogen-bond acceptors (Lipinski definition) is 3. The fourth-order valence-electron chi connectivity index (χ4n) is 2.39. The maximum absolute atomic E-state index is 11.6. The van der Waals surface area contributed by atoms with E-state index in [-0.39, 0.29) is 0 Å². The zero-order valence-corrected chi connectivity index (χ0v) is 12.1. The number of aryl methyl sites for hydroxylation is 1. The van der Waals surface area contributed by atoms with E-state index in [4.69, 9.17) is 17.3 Å². The van der Waals surface area contributed by atoms with Gasteiger partial charge >= 0.3 is 0 Å². The van der Waals surface area contributed by atoms with Crippen molar-refractivity contribution in [3.63, 3.8) is 0 Å². The fraction of sp³-hybridized carbons (Fsp3) is 0.133. The highest BCUT2D eigenvalue weighted by Gasteiger charge is 2.15. The molecule has 0 aliphatic carbocycles. The second-order valence-corrected chi connectivity index (χ2v) is 5.24.